The smallest absolute Gasteiger partial charge is 0.374 e. The molecule has 0 spiro atoms. The van der Waals surface area contributed by atoms with Crippen molar-refractivity contribution >= 4 is 34.8 Å². The second-order valence-electron chi connectivity index (χ2n) is 6.28. The first-order valence-electron chi connectivity index (χ1n) is 7.84. The first-order valence-corrected chi connectivity index (χ1v) is 8.59. The highest BCUT2D eigenvalue weighted by Crippen LogP contribution is 2.50. The molecule has 1 aliphatic heterocycles. The van der Waals surface area contributed by atoms with E-state index in [0.717, 1.165) is 12.1 Å². The number of benzene rings is 2. The van der Waals surface area contributed by atoms with Crippen molar-refractivity contribution in [2.24, 2.45) is 10.9 Å². The van der Waals surface area contributed by atoms with Gasteiger partial charge >= 0.3 is 6.18 Å². The molecule has 1 amide bonds. The van der Waals surface area contributed by atoms with E-state index in [1.807, 2.05) is 0 Å². The number of oxime groups is 1. The van der Waals surface area contributed by atoms with Crippen LogP contribution in [0.4, 0.5) is 17.6 Å². The van der Waals surface area contributed by atoms with Crippen molar-refractivity contribution in [3.05, 3.63) is 68.4 Å². The molecule has 0 saturated heterocycles. The maximum absolute atomic E-state index is 14.0. The molecule has 0 radical (unpaired) electrons. The van der Waals surface area contributed by atoms with E-state index < -0.39 is 45.5 Å². The van der Waals surface area contributed by atoms with Gasteiger partial charge in [0.1, 0.15) is 0 Å². The van der Waals surface area contributed by atoms with Crippen LogP contribution < -0.4 is 5.73 Å². The Bertz CT molecular complexity index is 985. The minimum Gasteiger partial charge on any atom is -0.374 e. The molecule has 0 fully saturated rings. The van der Waals surface area contributed by atoms with Crippen molar-refractivity contribution in [3.8, 4) is 0 Å². The van der Waals surface area contributed by atoms with E-state index in [1.165, 1.54) is 18.2 Å². The number of hydrogen-bond acceptors (Lipinski definition) is 3. The fraction of sp³-hybridized carbons (Fsp3) is 0.222. The normalized spacial score (nSPS) is 19.3. The Labute approximate surface area is 166 Å². The summed E-state index contributed by atoms with van der Waals surface area (Å²) in [5, 5.41) is 2.47. The van der Waals surface area contributed by atoms with Crippen LogP contribution in [0.1, 0.15) is 33.5 Å². The lowest BCUT2D eigenvalue weighted by Crippen LogP contribution is -2.42. The molecule has 0 bridgehead atoms. The Morgan fingerprint density at radius 1 is 1.21 bits per heavy atom. The van der Waals surface area contributed by atoms with E-state index in [4.69, 9.17) is 33.8 Å². The third-order valence-electron chi connectivity index (χ3n) is 4.46. The maximum atomic E-state index is 14.0. The minimum absolute atomic E-state index is 0.00647. The van der Waals surface area contributed by atoms with Crippen molar-refractivity contribution in [3.63, 3.8) is 0 Å². The minimum atomic E-state index is -4.90. The van der Waals surface area contributed by atoms with Crippen LogP contribution in [0.5, 0.6) is 0 Å². The van der Waals surface area contributed by atoms with Gasteiger partial charge in [0.2, 0.25) is 5.91 Å². The third-order valence-corrected chi connectivity index (χ3v) is 5.01. The highest BCUT2D eigenvalue weighted by Gasteiger charge is 2.62. The van der Waals surface area contributed by atoms with Gasteiger partial charge in [0.25, 0.3) is 5.60 Å². The first kappa shape index (κ1) is 20.4. The summed E-state index contributed by atoms with van der Waals surface area (Å²) in [4.78, 5) is 16.2. The lowest BCUT2D eigenvalue weighted by molar-refractivity contribution is -0.275. The summed E-state index contributed by atoms with van der Waals surface area (Å²) in [7, 11) is 0. The van der Waals surface area contributed by atoms with Crippen LogP contribution in [-0.2, 0) is 10.4 Å². The molecule has 148 valence electrons. The van der Waals surface area contributed by atoms with E-state index in [0.29, 0.717) is 11.1 Å². The topological polar surface area (TPSA) is 64.7 Å². The molecule has 1 atom stereocenters. The number of nitrogens with zero attached hydrogens (tertiary/aromatic N) is 1. The second-order valence-corrected chi connectivity index (χ2v) is 7.09. The lowest BCUT2D eigenvalue weighted by atomic mass is 9.86. The average molecular weight is 435 g/mol. The molecule has 2 aromatic carbocycles. The van der Waals surface area contributed by atoms with Crippen molar-refractivity contribution in [1.29, 1.82) is 0 Å². The number of carbonyl (C=O) groups is 1. The summed E-state index contributed by atoms with van der Waals surface area (Å²) in [6, 6.07) is 5.94. The summed E-state index contributed by atoms with van der Waals surface area (Å²) in [5.74, 6) is -1.69. The van der Waals surface area contributed by atoms with Gasteiger partial charge < -0.3 is 10.6 Å². The number of hydrogen-bond donors (Lipinski definition) is 1. The van der Waals surface area contributed by atoms with Crippen molar-refractivity contribution < 1.29 is 27.2 Å². The Morgan fingerprint density at radius 2 is 1.82 bits per heavy atom. The van der Waals surface area contributed by atoms with Crippen molar-refractivity contribution in [2.75, 3.05) is 0 Å². The van der Waals surface area contributed by atoms with Crippen LogP contribution in [0, 0.1) is 12.7 Å². The van der Waals surface area contributed by atoms with Crippen LogP contribution in [0.15, 0.2) is 35.5 Å². The number of nitrogens with two attached hydrogens (primary N) is 1. The Morgan fingerprint density at radius 3 is 2.32 bits per heavy atom. The molecular weight excluding hydrogens is 423 g/mol. The molecule has 2 N–H and O–H groups in total. The monoisotopic (exact) mass is 434 g/mol. The summed E-state index contributed by atoms with van der Waals surface area (Å²) in [6.07, 6.45) is -5.59. The van der Waals surface area contributed by atoms with Gasteiger partial charge in [-0.05, 0) is 42.3 Å². The van der Waals surface area contributed by atoms with Crippen LogP contribution in [0.2, 0.25) is 10.0 Å². The number of carbonyl (C=O) groups excluding carboxylic acids is 1. The molecule has 1 unspecified atom stereocenters. The van der Waals surface area contributed by atoms with Gasteiger partial charge in [-0.2, -0.15) is 13.2 Å². The molecule has 4 nitrogen and oxygen atoms in total. The zero-order chi connectivity index (χ0) is 20.9. The summed E-state index contributed by atoms with van der Waals surface area (Å²) in [5.41, 5.74) is 2.93. The number of rotatable bonds is 3. The fourth-order valence-electron chi connectivity index (χ4n) is 2.97. The summed E-state index contributed by atoms with van der Waals surface area (Å²) >= 11 is 11.3. The predicted molar refractivity (Wildman–Crippen MR) is 96.1 cm³/mol. The highest BCUT2D eigenvalue weighted by atomic mass is 35.5. The number of halogens is 6. The maximum Gasteiger partial charge on any atom is 0.435 e. The van der Waals surface area contributed by atoms with Crippen LogP contribution in [0.25, 0.3) is 0 Å². The Balaban J connectivity index is 2.04. The molecule has 28 heavy (non-hydrogen) atoms. The molecule has 0 aromatic heterocycles. The van der Waals surface area contributed by atoms with E-state index >= 15 is 0 Å². The molecular formula is C18H12Cl2F4N2O2. The molecule has 1 aliphatic rings. The van der Waals surface area contributed by atoms with E-state index in [1.54, 1.807) is 6.92 Å². The van der Waals surface area contributed by atoms with E-state index in [9.17, 15) is 22.4 Å². The van der Waals surface area contributed by atoms with Gasteiger partial charge in [-0.3, -0.25) is 4.79 Å². The standard InChI is InChI=1S/C18H12Cl2F4N2O2/c1-8-4-9(2-3-11(8)16(25)27)14-7-17(28-26-14,18(22,23)24)10-5-12(19)15(21)13(20)6-10/h2-6H,7H2,1H3,(H2,25,27). The summed E-state index contributed by atoms with van der Waals surface area (Å²) < 4.78 is 55.5. The van der Waals surface area contributed by atoms with Crippen molar-refractivity contribution in [2.45, 2.75) is 25.1 Å². The molecule has 3 rings (SSSR count). The predicted octanol–water partition coefficient (Wildman–Crippen LogP) is 5.12. The zero-order valence-electron chi connectivity index (χ0n) is 14.2. The second kappa shape index (κ2) is 6.93. The van der Waals surface area contributed by atoms with Gasteiger partial charge in [-0.15, -0.1) is 0 Å². The lowest BCUT2D eigenvalue weighted by Gasteiger charge is -2.29. The molecule has 1 heterocycles. The number of alkyl halides is 3. The SMILES string of the molecule is Cc1cc(C2=NOC(c3cc(Cl)c(F)c(Cl)c3)(C(F)(F)F)C2)ccc1C(N)=O. The number of aryl methyl sites for hydroxylation is 1. The van der Waals surface area contributed by atoms with Gasteiger partial charge in [0.05, 0.1) is 15.8 Å². The quantitative estimate of drug-likeness (QED) is 0.537. The molecule has 0 aliphatic carbocycles. The van der Waals surface area contributed by atoms with Crippen LogP contribution in [-0.4, -0.2) is 17.8 Å². The van der Waals surface area contributed by atoms with Gasteiger partial charge in [-0.1, -0.05) is 34.4 Å². The van der Waals surface area contributed by atoms with Gasteiger partial charge in [-0.25, -0.2) is 4.39 Å². The van der Waals surface area contributed by atoms with Crippen molar-refractivity contribution in [1.82, 2.24) is 0 Å². The van der Waals surface area contributed by atoms with E-state index in [-0.39, 0.29) is 11.3 Å². The van der Waals surface area contributed by atoms with Gasteiger partial charge in [0.15, 0.2) is 5.82 Å². The van der Waals surface area contributed by atoms with Gasteiger partial charge in [0, 0.05) is 17.5 Å². The fourth-order valence-corrected chi connectivity index (χ4v) is 3.45. The third kappa shape index (κ3) is 3.31. The molecule has 0 saturated carbocycles. The number of primary amides is 1. The largest absolute Gasteiger partial charge is 0.435 e. The zero-order valence-corrected chi connectivity index (χ0v) is 15.7. The molecule has 2 aromatic rings. The van der Waals surface area contributed by atoms with Crippen LogP contribution >= 0.6 is 23.2 Å². The number of amides is 1. The van der Waals surface area contributed by atoms with E-state index in [2.05, 4.69) is 5.16 Å². The average Bonchev–Trinajstić information content (AvgIpc) is 3.05. The Kier molecular flexibility index (Phi) is 5.05. The molecule has 10 heteroatoms. The first-order chi connectivity index (χ1) is 13.0. The summed E-state index contributed by atoms with van der Waals surface area (Å²) in [6.45, 7) is 1.59. The Hall–Kier alpha value is -2.32. The highest BCUT2D eigenvalue weighted by molar-refractivity contribution is 6.35. The van der Waals surface area contributed by atoms with Crippen LogP contribution in [0.3, 0.4) is 0 Å².